The van der Waals surface area contributed by atoms with Gasteiger partial charge < -0.3 is 15.5 Å². The van der Waals surface area contributed by atoms with Crippen LogP contribution in [0.1, 0.15) is 303 Å². The molecule has 0 heterocycles. The fraction of sp³-hybridized carbons (Fsp3) is 0.877. The fourth-order valence-electron chi connectivity index (χ4n) is 8.60. The van der Waals surface area contributed by atoms with Crippen molar-refractivity contribution < 1.29 is 15.0 Å². The van der Waals surface area contributed by atoms with Gasteiger partial charge in [0.15, 0.2) is 0 Å². The van der Waals surface area contributed by atoms with Crippen LogP contribution >= 0.6 is 0 Å². The number of nitrogens with one attached hydrogen (secondary N) is 1. The lowest BCUT2D eigenvalue weighted by molar-refractivity contribution is -0.123. The highest BCUT2D eigenvalue weighted by molar-refractivity contribution is 5.76. The maximum atomic E-state index is 12.5. The predicted octanol–water partition coefficient (Wildman–Crippen LogP) is 18.1. The molecule has 2 unspecified atom stereocenters. The second-order valence-corrected chi connectivity index (χ2v) is 19.0. The van der Waals surface area contributed by atoms with Gasteiger partial charge in [-0.2, -0.15) is 0 Å². The highest BCUT2D eigenvalue weighted by Gasteiger charge is 2.18. The molecule has 0 saturated carbocycles. The van der Waals surface area contributed by atoms with E-state index in [0.717, 1.165) is 32.1 Å². The molecule has 0 rings (SSSR count). The Morgan fingerprint density at radius 2 is 0.639 bits per heavy atom. The van der Waals surface area contributed by atoms with Crippen molar-refractivity contribution >= 4 is 5.91 Å². The number of hydrogen-bond donors (Lipinski definition) is 3. The van der Waals surface area contributed by atoms with Crippen molar-refractivity contribution in [1.82, 2.24) is 5.32 Å². The summed E-state index contributed by atoms with van der Waals surface area (Å²) < 4.78 is 0. The third-order valence-corrected chi connectivity index (χ3v) is 12.8. The molecule has 360 valence electrons. The Labute approximate surface area is 382 Å². The first kappa shape index (κ1) is 59.6. The Morgan fingerprint density at radius 1 is 0.377 bits per heavy atom. The average Bonchev–Trinajstić information content (AvgIpc) is 3.26. The first-order chi connectivity index (χ1) is 30.2. The summed E-state index contributed by atoms with van der Waals surface area (Å²) in [5, 5.41) is 23.1. The zero-order valence-corrected chi connectivity index (χ0v) is 41.4. The van der Waals surface area contributed by atoms with Crippen LogP contribution in [0.15, 0.2) is 36.5 Å². The van der Waals surface area contributed by atoms with Crippen molar-refractivity contribution in [1.29, 1.82) is 0 Å². The minimum absolute atomic E-state index is 0.0700. The normalized spacial score (nSPS) is 13.0. The molecule has 0 bridgehead atoms. The van der Waals surface area contributed by atoms with Crippen molar-refractivity contribution in [2.75, 3.05) is 6.61 Å². The zero-order chi connectivity index (χ0) is 44.2. The average molecular weight is 857 g/mol. The number of unbranched alkanes of at least 4 members (excludes halogenated alkanes) is 40. The van der Waals surface area contributed by atoms with Crippen molar-refractivity contribution in [2.45, 2.75) is 315 Å². The number of aliphatic hydroxyl groups excluding tert-OH is 2. The van der Waals surface area contributed by atoms with Gasteiger partial charge >= 0.3 is 0 Å². The monoisotopic (exact) mass is 856 g/mol. The molecule has 1 amide bonds. The van der Waals surface area contributed by atoms with E-state index in [0.29, 0.717) is 6.42 Å². The van der Waals surface area contributed by atoms with Crippen LogP contribution in [-0.4, -0.2) is 34.9 Å². The van der Waals surface area contributed by atoms with E-state index in [1.165, 1.54) is 250 Å². The first-order valence-corrected chi connectivity index (χ1v) is 27.7. The number of allylic oxidation sites excluding steroid dienone is 5. The van der Waals surface area contributed by atoms with Crippen LogP contribution in [0.2, 0.25) is 0 Å². The Bertz CT molecular complexity index is 928. The SMILES string of the molecule is CCCCCCCCCCCCCC/C=C\CCCCCCCCCCCCCCCC(=O)NC(CO)C(O)/C=C/CC/C=C/CCCCCCCCCCCCCCCC. The van der Waals surface area contributed by atoms with Gasteiger partial charge in [0.05, 0.1) is 18.8 Å². The van der Waals surface area contributed by atoms with Gasteiger partial charge in [-0.3, -0.25) is 4.79 Å². The van der Waals surface area contributed by atoms with Crippen LogP contribution in [0.3, 0.4) is 0 Å². The lowest BCUT2D eigenvalue weighted by Crippen LogP contribution is -2.45. The van der Waals surface area contributed by atoms with Crippen LogP contribution in [0, 0.1) is 0 Å². The van der Waals surface area contributed by atoms with Gasteiger partial charge in [0, 0.05) is 6.42 Å². The van der Waals surface area contributed by atoms with Crippen molar-refractivity contribution in [3.8, 4) is 0 Å². The lowest BCUT2D eigenvalue weighted by Gasteiger charge is -2.19. The van der Waals surface area contributed by atoms with Crippen molar-refractivity contribution in [2.24, 2.45) is 0 Å². The minimum atomic E-state index is -0.862. The molecule has 3 N–H and O–H groups in total. The summed E-state index contributed by atoms with van der Waals surface area (Å²) >= 11 is 0. The smallest absolute Gasteiger partial charge is 0.220 e. The standard InChI is InChI=1S/C57H109NO3/c1-3-5-7-9-11-13-15-17-19-21-23-25-26-27-28-29-30-31-32-33-35-37-39-41-43-45-47-49-51-53-57(61)58-55(54-59)56(60)52-50-48-46-44-42-40-38-36-34-24-22-20-18-16-14-12-10-8-6-4-2/h27-28,42,44,50,52,55-56,59-60H,3-26,29-41,43,45-49,51,53-54H2,1-2H3,(H,58,61)/b28-27-,44-42+,52-50+. The van der Waals surface area contributed by atoms with E-state index in [9.17, 15) is 15.0 Å². The number of rotatable bonds is 51. The molecule has 0 aromatic carbocycles. The molecule has 4 heteroatoms. The molecule has 0 spiro atoms. The van der Waals surface area contributed by atoms with Gasteiger partial charge in [0.2, 0.25) is 5.91 Å². The van der Waals surface area contributed by atoms with Gasteiger partial charge in [0.1, 0.15) is 0 Å². The number of hydrogen-bond acceptors (Lipinski definition) is 3. The summed E-state index contributed by atoms with van der Waals surface area (Å²) in [5.74, 6) is -0.0700. The van der Waals surface area contributed by atoms with Crippen LogP contribution < -0.4 is 5.32 Å². The van der Waals surface area contributed by atoms with E-state index >= 15 is 0 Å². The topological polar surface area (TPSA) is 69.6 Å². The summed E-state index contributed by atoms with van der Waals surface area (Å²) in [6, 6.07) is -0.638. The summed E-state index contributed by atoms with van der Waals surface area (Å²) in [6.45, 7) is 4.33. The highest BCUT2D eigenvalue weighted by atomic mass is 16.3. The van der Waals surface area contributed by atoms with E-state index in [1.54, 1.807) is 6.08 Å². The summed E-state index contributed by atoms with van der Waals surface area (Å²) in [6.07, 6.45) is 71.6. The van der Waals surface area contributed by atoms with Gasteiger partial charge in [-0.05, 0) is 57.8 Å². The van der Waals surface area contributed by atoms with E-state index < -0.39 is 12.1 Å². The molecule has 0 aliphatic heterocycles. The van der Waals surface area contributed by atoms with E-state index in [1.807, 2.05) is 6.08 Å². The molecule has 0 aromatic rings. The number of aliphatic hydroxyl groups is 2. The summed E-state index contributed by atoms with van der Waals surface area (Å²) in [7, 11) is 0. The number of carbonyl (C=O) groups excluding carboxylic acids is 1. The third-order valence-electron chi connectivity index (χ3n) is 12.8. The molecule has 0 aromatic heterocycles. The highest BCUT2D eigenvalue weighted by Crippen LogP contribution is 2.17. The lowest BCUT2D eigenvalue weighted by atomic mass is 10.0. The van der Waals surface area contributed by atoms with E-state index in [2.05, 4.69) is 43.5 Å². The molecule has 0 aliphatic carbocycles. The molecule has 0 aliphatic rings. The zero-order valence-electron chi connectivity index (χ0n) is 41.4. The van der Waals surface area contributed by atoms with E-state index in [-0.39, 0.29) is 12.5 Å². The van der Waals surface area contributed by atoms with Crippen LogP contribution in [0.5, 0.6) is 0 Å². The Morgan fingerprint density at radius 3 is 0.951 bits per heavy atom. The van der Waals surface area contributed by atoms with Crippen LogP contribution in [0.4, 0.5) is 0 Å². The second-order valence-electron chi connectivity index (χ2n) is 19.0. The molecule has 4 nitrogen and oxygen atoms in total. The molecular weight excluding hydrogens is 747 g/mol. The van der Waals surface area contributed by atoms with Crippen LogP contribution in [0.25, 0.3) is 0 Å². The maximum Gasteiger partial charge on any atom is 0.220 e. The molecule has 61 heavy (non-hydrogen) atoms. The largest absolute Gasteiger partial charge is 0.394 e. The van der Waals surface area contributed by atoms with E-state index in [4.69, 9.17) is 0 Å². The van der Waals surface area contributed by atoms with Crippen molar-refractivity contribution in [3.63, 3.8) is 0 Å². The molecule has 0 saturated heterocycles. The quantitative estimate of drug-likeness (QED) is 0.0422. The molecule has 2 atom stereocenters. The Hall–Kier alpha value is -1.39. The number of carbonyl (C=O) groups is 1. The van der Waals surface area contributed by atoms with Gasteiger partial charge in [0.25, 0.3) is 0 Å². The second kappa shape index (κ2) is 53.0. The minimum Gasteiger partial charge on any atom is -0.394 e. The Balaban J connectivity index is 3.50. The Kier molecular flexibility index (Phi) is 51.7. The summed E-state index contributed by atoms with van der Waals surface area (Å²) in [4.78, 5) is 12.5. The first-order valence-electron chi connectivity index (χ1n) is 27.7. The number of amides is 1. The molecule has 0 fully saturated rings. The molecule has 0 radical (unpaired) electrons. The molecular formula is C57H109NO3. The fourth-order valence-corrected chi connectivity index (χ4v) is 8.60. The third kappa shape index (κ3) is 49.5. The van der Waals surface area contributed by atoms with Crippen molar-refractivity contribution in [3.05, 3.63) is 36.5 Å². The maximum absolute atomic E-state index is 12.5. The van der Waals surface area contributed by atoms with Gasteiger partial charge in [-0.1, -0.05) is 275 Å². The summed E-state index contributed by atoms with van der Waals surface area (Å²) in [5.41, 5.74) is 0. The van der Waals surface area contributed by atoms with Gasteiger partial charge in [-0.25, -0.2) is 0 Å². The van der Waals surface area contributed by atoms with Crippen LogP contribution in [-0.2, 0) is 4.79 Å². The van der Waals surface area contributed by atoms with Gasteiger partial charge in [-0.15, -0.1) is 0 Å². The predicted molar refractivity (Wildman–Crippen MR) is 272 cm³/mol.